The molecule has 0 spiro atoms. The second-order valence-electron chi connectivity index (χ2n) is 4.69. The zero-order valence-corrected chi connectivity index (χ0v) is 14.7. The Morgan fingerprint density at radius 1 is 1.05 bits per heavy atom. The first-order valence-corrected chi connectivity index (χ1v) is 8.58. The molecule has 0 aliphatic carbocycles. The fourth-order valence-corrected chi connectivity index (χ4v) is 3.45. The van der Waals surface area contributed by atoms with Crippen LogP contribution in [0.1, 0.15) is 44.6 Å². The predicted molar refractivity (Wildman–Crippen MR) is 88.9 cm³/mol. The van der Waals surface area contributed by atoms with Crippen LogP contribution in [0, 0.1) is 0 Å². The Morgan fingerprint density at radius 3 is 2.26 bits per heavy atom. The minimum absolute atomic E-state index is 0.663. The number of ether oxygens (including phenoxy) is 1. The summed E-state index contributed by atoms with van der Waals surface area (Å²) in [5.41, 5.74) is 6.79. The van der Waals surface area contributed by atoms with E-state index < -0.39 is 0 Å². The van der Waals surface area contributed by atoms with Gasteiger partial charge in [-0.2, -0.15) is 0 Å². The van der Waals surface area contributed by atoms with E-state index in [0.29, 0.717) is 6.54 Å². The normalized spacial score (nSPS) is 10.7. The van der Waals surface area contributed by atoms with Crippen molar-refractivity contribution in [3.8, 4) is 5.75 Å². The number of hydrogen-bond acceptors (Lipinski definition) is 2. The van der Waals surface area contributed by atoms with E-state index in [0.717, 1.165) is 34.1 Å². The van der Waals surface area contributed by atoms with E-state index in [-0.39, 0.29) is 0 Å². The highest BCUT2D eigenvalue weighted by molar-refractivity contribution is 9.11. The third-order valence-corrected chi connectivity index (χ3v) is 4.16. The first-order valence-electron chi connectivity index (χ1n) is 6.99. The van der Waals surface area contributed by atoms with Gasteiger partial charge in [0.1, 0.15) is 5.75 Å². The van der Waals surface area contributed by atoms with Gasteiger partial charge in [-0.25, -0.2) is 0 Å². The Labute approximate surface area is 133 Å². The van der Waals surface area contributed by atoms with Crippen molar-refractivity contribution in [3.63, 3.8) is 0 Å². The quantitative estimate of drug-likeness (QED) is 0.596. The molecule has 0 aromatic heterocycles. The van der Waals surface area contributed by atoms with E-state index in [1.54, 1.807) is 0 Å². The molecule has 2 nitrogen and oxygen atoms in total. The molecule has 2 N–H and O–H groups in total. The third-order valence-electron chi connectivity index (χ3n) is 2.99. The van der Waals surface area contributed by atoms with E-state index in [1.165, 1.54) is 31.2 Å². The van der Waals surface area contributed by atoms with Crippen molar-refractivity contribution < 1.29 is 4.74 Å². The van der Waals surface area contributed by atoms with Crippen molar-refractivity contribution >= 4 is 31.9 Å². The second kappa shape index (κ2) is 9.78. The molecule has 1 aromatic rings. The molecular formula is C15H23Br2NO. The zero-order valence-electron chi connectivity index (χ0n) is 11.6. The van der Waals surface area contributed by atoms with Crippen LogP contribution < -0.4 is 10.5 Å². The second-order valence-corrected chi connectivity index (χ2v) is 6.40. The number of halogens is 2. The molecule has 0 radical (unpaired) electrons. The van der Waals surface area contributed by atoms with E-state index in [1.807, 2.05) is 0 Å². The van der Waals surface area contributed by atoms with Gasteiger partial charge in [-0.3, -0.25) is 0 Å². The molecular weight excluding hydrogens is 370 g/mol. The zero-order chi connectivity index (χ0) is 14.1. The number of benzene rings is 1. The van der Waals surface area contributed by atoms with E-state index >= 15 is 0 Å². The molecule has 0 unspecified atom stereocenters. The molecule has 19 heavy (non-hydrogen) atoms. The van der Waals surface area contributed by atoms with Crippen molar-refractivity contribution in [2.45, 2.75) is 45.4 Å². The monoisotopic (exact) mass is 391 g/mol. The van der Waals surface area contributed by atoms with Crippen molar-refractivity contribution in [1.29, 1.82) is 0 Å². The predicted octanol–water partition coefficient (Wildman–Crippen LogP) is 5.06. The standard InChI is InChI=1S/C15H23Br2NO/c1-2-3-4-5-6-9-19-15-13(16)10-12(7-8-18)11-14(15)17/h10-11H,2-9,18H2,1H3. The summed E-state index contributed by atoms with van der Waals surface area (Å²) >= 11 is 7.13. The van der Waals surface area contributed by atoms with Crippen molar-refractivity contribution in [2.75, 3.05) is 13.2 Å². The van der Waals surface area contributed by atoms with Gasteiger partial charge in [-0.15, -0.1) is 0 Å². The third kappa shape index (κ3) is 6.28. The lowest BCUT2D eigenvalue weighted by atomic mass is 10.1. The fourth-order valence-electron chi connectivity index (χ4n) is 1.94. The van der Waals surface area contributed by atoms with Gasteiger partial charge in [0.15, 0.2) is 0 Å². The number of hydrogen-bond donors (Lipinski definition) is 1. The van der Waals surface area contributed by atoms with Crippen LogP contribution in [0.5, 0.6) is 5.75 Å². The smallest absolute Gasteiger partial charge is 0.147 e. The summed E-state index contributed by atoms with van der Waals surface area (Å²) < 4.78 is 7.85. The van der Waals surface area contributed by atoms with Gasteiger partial charge in [0.25, 0.3) is 0 Å². The van der Waals surface area contributed by atoms with Gasteiger partial charge in [0.2, 0.25) is 0 Å². The van der Waals surface area contributed by atoms with E-state index in [4.69, 9.17) is 10.5 Å². The summed E-state index contributed by atoms with van der Waals surface area (Å²) in [6.07, 6.45) is 7.14. The summed E-state index contributed by atoms with van der Waals surface area (Å²) in [5.74, 6) is 0.899. The maximum absolute atomic E-state index is 5.86. The average Bonchev–Trinajstić information content (AvgIpc) is 2.36. The van der Waals surface area contributed by atoms with Crippen molar-refractivity contribution in [1.82, 2.24) is 0 Å². The summed E-state index contributed by atoms with van der Waals surface area (Å²) in [7, 11) is 0. The molecule has 0 heterocycles. The van der Waals surface area contributed by atoms with Crippen molar-refractivity contribution in [3.05, 3.63) is 26.6 Å². The maximum atomic E-state index is 5.86. The Morgan fingerprint density at radius 2 is 1.68 bits per heavy atom. The van der Waals surface area contributed by atoms with Gasteiger partial charge < -0.3 is 10.5 Å². The molecule has 108 valence electrons. The van der Waals surface area contributed by atoms with Crippen LogP contribution >= 0.6 is 31.9 Å². The number of unbranched alkanes of at least 4 members (excludes halogenated alkanes) is 4. The summed E-state index contributed by atoms with van der Waals surface area (Å²) in [5, 5.41) is 0. The van der Waals surface area contributed by atoms with E-state index in [9.17, 15) is 0 Å². The lowest BCUT2D eigenvalue weighted by molar-refractivity contribution is 0.301. The van der Waals surface area contributed by atoms with Gasteiger partial charge in [0, 0.05) is 0 Å². The maximum Gasteiger partial charge on any atom is 0.147 e. The van der Waals surface area contributed by atoms with Crippen LogP contribution in [0.3, 0.4) is 0 Å². The van der Waals surface area contributed by atoms with Crippen molar-refractivity contribution in [2.24, 2.45) is 5.73 Å². The van der Waals surface area contributed by atoms with E-state index in [2.05, 4.69) is 50.9 Å². The SMILES string of the molecule is CCCCCCCOc1c(Br)cc(CCN)cc1Br. The molecule has 0 atom stereocenters. The Bertz CT molecular complexity index is 359. The highest BCUT2D eigenvalue weighted by Crippen LogP contribution is 2.35. The van der Waals surface area contributed by atoms with Crippen LogP contribution in [0.4, 0.5) is 0 Å². The Hall–Kier alpha value is -0.0600. The number of rotatable bonds is 9. The van der Waals surface area contributed by atoms with Gasteiger partial charge in [-0.1, -0.05) is 32.6 Å². The molecule has 0 saturated heterocycles. The molecule has 0 aliphatic rings. The molecule has 0 bridgehead atoms. The average molecular weight is 393 g/mol. The molecule has 0 fully saturated rings. The highest BCUT2D eigenvalue weighted by atomic mass is 79.9. The molecule has 4 heteroatoms. The van der Waals surface area contributed by atoms with Crippen LogP contribution in [0.15, 0.2) is 21.1 Å². The molecule has 0 amide bonds. The van der Waals surface area contributed by atoms with Crippen LogP contribution in [-0.2, 0) is 6.42 Å². The molecule has 1 aromatic carbocycles. The van der Waals surface area contributed by atoms with Crippen LogP contribution in [-0.4, -0.2) is 13.2 Å². The Balaban J connectivity index is 2.45. The highest BCUT2D eigenvalue weighted by Gasteiger charge is 2.08. The first kappa shape index (κ1) is 17.0. The summed E-state index contributed by atoms with van der Waals surface area (Å²) in [4.78, 5) is 0. The Kier molecular flexibility index (Phi) is 8.75. The minimum atomic E-state index is 0.663. The molecule has 0 aliphatic heterocycles. The molecule has 0 saturated carbocycles. The largest absolute Gasteiger partial charge is 0.491 e. The topological polar surface area (TPSA) is 35.2 Å². The summed E-state index contributed by atoms with van der Waals surface area (Å²) in [6.45, 7) is 3.67. The first-order chi connectivity index (χ1) is 9.19. The minimum Gasteiger partial charge on any atom is -0.491 e. The van der Waals surface area contributed by atoms with Gasteiger partial charge in [0.05, 0.1) is 15.6 Å². The molecule has 1 rings (SSSR count). The number of nitrogens with two attached hydrogens (primary N) is 1. The lowest BCUT2D eigenvalue weighted by Gasteiger charge is -2.12. The lowest BCUT2D eigenvalue weighted by Crippen LogP contribution is -2.04. The fraction of sp³-hybridized carbons (Fsp3) is 0.600. The van der Waals surface area contributed by atoms with Crippen LogP contribution in [0.25, 0.3) is 0 Å². The van der Waals surface area contributed by atoms with Gasteiger partial charge in [-0.05, 0) is 68.9 Å². The van der Waals surface area contributed by atoms with Crippen LogP contribution in [0.2, 0.25) is 0 Å². The van der Waals surface area contributed by atoms with Gasteiger partial charge >= 0.3 is 0 Å². The summed E-state index contributed by atoms with van der Waals surface area (Å²) in [6, 6.07) is 4.17.